The molecule has 2 N–H and O–H groups in total. The second-order valence-corrected chi connectivity index (χ2v) is 11.3. The van der Waals surface area contributed by atoms with E-state index in [1.165, 1.54) is 0 Å². The molecule has 0 amide bonds. The number of nitrogens with zero attached hydrogens (tertiary/aromatic N) is 2. The highest BCUT2D eigenvalue weighted by Crippen LogP contribution is 2.50. The van der Waals surface area contributed by atoms with Crippen molar-refractivity contribution in [2.24, 2.45) is 11.1 Å². The highest BCUT2D eigenvalue weighted by Gasteiger charge is 2.44. The van der Waals surface area contributed by atoms with Gasteiger partial charge < -0.3 is 24.8 Å². The zero-order valence-corrected chi connectivity index (χ0v) is 24.2. The second kappa shape index (κ2) is 11.9. The van der Waals surface area contributed by atoms with Gasteiger partial charge in [0.05, 0.1) is 35.8 Å². The maximum Gasteiger partial charge on any atom is 0.180 e. The monoisotopic (exact) mass is 569 g/mol. The van der Waals surface area contributed by atoms with Crippen LogP contribution in [0.4, 0.5) is 0 Å². The third kappa shape index (κ3) is 6.04. The molecule has 1 heterocycles. The quantitative estimate of drug-likeness (QED) is 0.375. The molecule has 0 fully saturated rings. The van der Waals surface area contributed by atoms with Gasteiger partial charge in [0.25, 0.3) is 0 Å². The van der Waals surface area contributed by atoms with E-state index in [9.17, 15) is 10.1 Å². The molecule has 1 atom stereocenters. The van der Waals surface area contributed by atoms with Gasteiger partial charge in [-0.05, 0) is 54.2 Å². The lowest BCUT2D eigenvalue weighted by Gasteiger charge is -2.43. The van der Waals surface area contributed by atoms with Crippen LogP contribution in [0.25, 0.3) is 0 Å². The van der Waals surface area contributed by atoms with E-state index < -0.39 is 5.92 Å². The van der Waals surface area contributed by atoms with Crippen molar-refractivity contribution in [3.63, 3.8) is 0 Å². The number of carbonyl (C=O) groups excluding carboxylic acids is 1. The normalized spacial score (nSPS) is 18.6. The first-order chi connectivity index (χ1) is 18.6. The third-order valence-corrected chi connectivity index (χ3v) is 7.50. The average molecular weight is 571 g/mol. The van der Waals surface area contributed by atoms with Crippen molar-refractivity contribution in [3.05, 3.63) is 80.2 Å². The Morgan fingerprint density at radius 3 is 2.51 bits per heavy atom. The standard InChI is InChI=1S/C30H33Cl2N3O4/c1-5-38-25-13-19(12-22(32)28(25)39-17-18-6-8-20(31)9-7-18)26-21(16-33)29(34)35(10-11-37-4)23-14-30(2,3)15-24(36)27(23)26/h6-9,12-13,26H,5,10-11,14-15,17,34H2,1-4H3/t26-/m1/s1. The fourth-order valence-electron chi connectivity index (χ4n) is 5.24. The Balaban J connectivity index is 1.81. The van der Waals surface area contributed by atoms with E-state index in [1.54, 1.807) is 31.4 Å². The fourth-order valence-corrected chi connectivity index (χ4v) is 5.64. The SMILES string of the molecule is CCOc1cc([C@@H]2C(C#N)=C(N)N(CCOC)C3=C2C(=O)CC(C)(C)C3)cc(Cl)c1OCc1ccc(Cl)cc1. The molecule has 2 aromatic carbocycles. The Bertz CT molecular complexity index is 1360. The van der Waals surface area contributed by atoms with E-state index in [2.05, 4.69) is 19.9 Å². The number of Topliss-reactive ketones (excluding diaryl/α,β-unsaturated/α-hetero) is 1. The summed E-state index contributed by atoms with van der Waals surface area (Å²) in [5.74, 6) is 0.453. The van der Waals surface area contributed by atoms with Crippen LogP contribution >= 0.6 is 23.2 Å². The lowest BCUT2D eigenvalue weighted by atomic mass is 9.68. The van der Waals surface area contributed by atoms with Gasteiger partial charge in [0.1, 0.15) is 12.4 Å². The molecule has 0 spiro atoms. The summed E-state index contributed by atoms with van der Waals surface area (Å²) in [6.45, 7) is 7.46. The van der Waals surface area contributed by atoms with Gasteiger partial charge in [-0.2, -0.15) is 5.26 Å². The van der Waals surface area contributed by atoms with Crippen molar-refractivity contribution in [1.29, 1.82) is 5.26 Å². The molecule has 0 radical (unpaired) electrons. The smallest absolute Gasteiger partial charge is 0.180 e. The van der Waals surface area contributed by atoms with Gasteiger partial charge in [0.2, 0.25) is 0 Å². The summed E-state index contributed by atoms with van der Waals surface area (Å²) in [5, 5.41) is 11.2. The van der Waals surface area contributed by atoms with Crippen molar-refractivity contribution < 1.29 is 19.0 Å². The van der Waals surface area contributed by atoms with Gasteiger partial charge >= 0.3 is 0 Å². The van der Waals surface area contributed by atoms with Crippen LogP contribution in [-0.2, 0) is 16.1 Å². The molecule has 1 aliphatic carbocycles. The van der Waals surface area contributed by atoms with E-state index in [0.29, 0.717) is 76.7 Å². The predicted octanol–water partition coefficient (Wildman–Crippen LogP) is 6.35. The van der Waals surface area contributed by atoms with Crippen molar-refractivity contribution in [2.75, 3.05) is 26.9 Å². The maximum atomic E-state index is 13.7. The average Bonchev–Trinajstić information content (AvgIpc) is 2.87. The summed E-state index contributed by atoms with van der Waals surface area (Å²) >= 11 is 12.8. The molecule has 0 saturated heterocycles. The van der Waals surface area contributed by atoms with Crippen molar-refractivity contribution in [3.8, 4) is 17.6 Å². The van der Waals surface area contributed by atoms with Gasteiger partial charge in [-0.25, -0.2) is 0 Å². The maximum absolute atomic E-state index is 13.7. The van der Waals surface area contributed by atoms with Crippen LogP contribution in [0.3, 0.4) is 0 Å². The topological polar surface area (TPSA) is 97.8 Å². The lowest BCUT2D eigenvalue weighted by Crippen LogP contribution is -2.43. The summed E-state index contributed by atoms with van der Waals surface area (Å²) in [7, 11) is 1.61. The molecule has 206 valence electrons. The Kier molecular flexibility index (Phi) is 8.80. The molecule has 2 aliphatic rings. The highest BCUT2D eigenvalue weighted by molar-refractivity contribution is 6.32. The summed E-state index contributed by atoms with van der Waals surface area (Å²) in [4.78, 5) is 15.5. The summed E-state index contributed by atoms with van der Waals surface area (Å²) < 4.78 is 17.3. The van der Waals surface area contributed by atoms with Crippen LogP contribution in [0, 0.1) is 16.7 Å². The first-order valence-electron chi connectivity index (χ1n) is 12.9. The summed E-state index contributed by atoms with van der Waals surface area (Å²) in [5.41, 5.74) is 9.63. The van der Waals surface area contributed by atoms with Crippen LogP contribution < -0.4 is 15.2 Å². The minimum absolute atomic E-state index is 0.00827. The number of nitriles is 1. The van der Waals surface area contributed by atoms with Gasteiger partial charge in [-0.3, -0.25) is 4.79 Å². The number of allylic oxidation sites excluding steroid dienone is 3. The van der Waals surface area contributed by atoms with E-state index in [0.717, 1.165) is 11.3 Å². The summed E-state index contributed by atoms with van der Waals surface area (Å²) in [6.07, 6.45) is 1.01. The molecule has 0 bridgehead atoms. The third-order valence-electron chi connectivity index (χ3n) is 6.97. The molecule has 0 unspecified atom stereocenters. The van der Waals surface area contributed by atoms with E-state index >= 15 is 0 Å². The molecule has 0 aromatic heterocycles. The van der Waals surface area contributed by atoms with Gasteiger partial charge in [0.15, 0.2) is 17.3 Å². The van der Waals surface area contributed by atoms with Crippen LogP contribution in [0.5, 0.6) is 11.5 Å². The van der Waals surface area contributed by atoms with Gasteiger partial charge in [-0.15, -0.1) is 0 Å². The van der Waals surface area contributed by atoms with Gasteiger partial charge in [0, 0.05) is 36.4 Å². The number of hydrogen-bond acceptors (Lipinski definition) is 7. The van der Waals surface area contributed by atoms with Crippen molar-refractivity contribution in [1.82, 2.24) is 4.90 Å². The molecule has 39 heavy (non-hydrogen) atoms. The number of carbonyl (C=O) groups is 1. The Labute approximate surface area is 239 Å². The second-order valence-electron chi connectivity index (χ2n) is 10.5. The number of nitrogens with two attached hydrogens (primary N) is 1. The lowest BCUT2D eigenvalue weighted by molar-refractivity contribution is -0.118. The van der Waals surface area contributed by atoms with Crippen molar-refractivity contribution >= 4 is 29.0 Å². The molecular weight excluding hydrogens is 537 g/mol. The largest absolute Gasteiger partial charge is 0.490 e. The van der Waals surface area contributed by atoms with E-state index in [-0.39, 0.29) is 17.8 Å². The van der Waals surface area contributed by atoms with Crippen LogP contribution in [0.15, 0.2) is 59.1 Å². The first-order valence-corrected chi connectivity index (χ1v) is 13.6. The number of rotatable bonds is 9. The Morgan fingerprint density at radius 1 is 1.15 bits per heavy atom. The Morgan fingerprint density at radius 2 is 1.87 bits per heavy atom. The number of benzene rings is 2. The molecule has 1 aliphatic heterocycles. The molecule has 7 nitrogen and oxygen atoms in total. The van der Waals surface area contributed by atoms with E-state index in [1.807, 2.05) is 24.0 Å². The highest BCUT2D eigenvalue weighted by atomic mass is 35.5. The minimum Gasteiger partial charge on any atom is -0.490 e. The zero-order chi connectivity index (χ0) is 28.3. The number of ether oxygens (including phenoxy) is 3. The number of ketones is 1. The van der Waals surface area contributed by atoms with Crippen molar-refractivity contribution in [2.45, 2.75) is 46.1 Å². The molecule has 4 rings (SSSR count). The fraction of sp³-hybridized carbons (Fsp3) is 0.400. The number of halogens is 2. The van der Waals surface area contributed by atoms with E-state index in [4.69, 9.17) is 43.1 Å². The molecule has 0 saturated carbocycles. The Hall–Kier alpha value is -3.18. The number of methoxy groups -OCH3 is 1. The minimum atomic E-state index is -0.672. The zero-order valence-electron chi connectivity index (χ0n) is 22.6. The summed E-state index contributed by atoms with van der Waals surface area (Å²) in [6, 6.07) is 13.1. The van der Waals surface area contributed by atoms with Gasteiger partial charge in [-0.1, -0.05) is 49.2 Å². The predicted molar refractivity (Wildman–Crippen MR) is 152 cm³/mol. The van der Waals surface area contributed by atoms with Crippen LogP contribution in [-0.4, -0.2) is 37.6 Å². The van der Waals surface area contributed by atoms with Crippen LogP contribution in [0.1, 0.15) is 50.7 Å². The molecular formula is C30H33Cl2N3O4. The number of hydrogen-bond donors (Lipinski definition) is 1. The molecule has 2 aromatic rings. The first kappa shape index (κ1) is 28.8. The molecule has 9 heteroatoms. The van der Waals surface area contributed by atoms with Crippen LogP contribution in [0.2, 0.25) is 10.0 Å².